The minimum atomic E-state index is -0.676. The molecular weight excluding hydrogens is 398 g/mol. The number of benzene rings is 3. The maximum atomic E-state index is 10.2. The number of hydrogen-bond acceptors (Lipinski definition) is 4. The normalized spacial score (nSPS) is 23.6. The Balaban J connectivity index is 1.48. The average molecular weight is 424 g/mol. The minimum Gasteiger partial charge on any atom is -0.472 e. The Morgan fingerprint density at radius 1 is 0.906 bits per heavy atom. The van der Waals surface area contributed by atoms with Crippen LogP contribution >= 0.6 is 0 Å². The number of aliphatic hydroxyl groups is 1. The zero-order valence-electron chi connectivity index (χ0n) is 18.0. The van der Waals surface area contributed by atoms with Crippen LogP contribution in [0.25, 0.3) is 33.9 Å². The fourth-order valence-corrected chi connectivity index (χ4v) is 5.26. The van der Waals surface area contributed by atoms with Gasteiger partial charge in [0.1, 0.15) is 11.6 Å². The lowest BCUT2D eigenvalue weighted by Gasteiger charge is -2.49. The van der Waals surface area contributed by atoms with Crippen molar-refractivity contribution in [2.75, 3.05) is 0 Å². The number of hydrogen-bond donors (Lipinski definition) is 2. The molecule has 160 valence electrons. The first-order valence-electron chi connectivity index (χ1n) is 10.9. The molecule has 3 N–H and O–H groups in total. The highest BCUT2D eigenvalue weighted by Crippen LogP contribution is 2.47. The molecule has 32 heavy (non-hydrogen) atoms. The van der Waals surface area contributed by atoms with Crippen molar-refractivity contribution in [2.45, 2.75) is 37.6 Å². The Hall–Kier alpha value is -3.41. The molecule has 0 spiro atoms. The zero-order valence-corrected chi connectivity index (χ0v) is 18.0. The molecule has 5 heteroatoms. The smallest absolute Gasteiger partial charge is 0.167 e. The fourth-order valence-electron chi connectivity index (χ4n) is 5.26. The number of fused-ring (bicyclic) bond motifs is 3. The summed E-state index contributed by atoms with van der Waals surface area (Å²) in [6.07, 6.45) is 1.14. The van der Waals surface area contributed by atoms with Gasteiger partial charge in [-0.1, -0.05) is 66.7 Å². The standard InChI is InChI=1S/C27H25N3O2/c1-26(31)15-27(28,16-26)20-13-11-18(12-14-20)23-24(19-7-3-2-4-8-19)30-17-32-22-10-6-5-9-21(22)25(30)29-23/h2-14,31H,15-17,28H2,1H3. The Morgan fingerprint density at radius 3 is 2.31 bits per heavy atom. The number of para-hydroxylation sites is 1. The van der Waals surface area contributed by atoms with Gasteiger partial charge >= 0.3 is 0 Å². The third-order valence-electron chi connectivity index (χ3n) is 6.62. The van der Waals surface area contributed by atoms with E-state index < -0.39 is 11.1 Å². The predicted molar refractivity (Wildman–Crippen MR) is 125 cm³/mol. The van der Waals surface area contributed by atoms with E-state index in [-0.39, 0.29) is 0 Å². The molecular formula is C27H25N3O2. The molecule has 0 amide bonds. The first-order valence-corrected chi connectivity index (χ1v) is 10.9. The summed E-state index contributed by atoms with van der Waals surface area (Å²) in [5, 5.41) is 10.2. The van der Waals surface area contributed by atoms with Gasteiger partial charge < -0.3 is 15.6 Å². The van der Waals surface area contributed by atoms with E-state index in [4.69, 9.17) is 15.5 Å². The first kappa shape index (κ1) is 19.3. The lowest BCUT2D eigenvalue weighted by Crippen LogP contribution is -2.58. The summed E-state index contributed by atoms with van der Waals surface area (Å²) >= 11 is 0. The molecule has 5 nitrogen and oxygen atoms in total. The molecule has 3 aromatic carbocycles. The van der Waals surface area contributed by atoms with Gasteiger partial charge in [-0.25, -0.2) is 4.98 Å². The third-order valence-corrected chi connectivity index (χ3v) is 6.62. The summed E-state index contributed by atoms with van der Waals surface area (Å²) in [4.78, 5) is 5.10. The van der Waals surface area contributed by atoms with Crippen molar-refractivity contribution >= 4 is 0 Å². The molecule has 2 aliphatic rings. The van der Waals surface area contributed by atoms with Crippen LogP contribution in [-0.2, 0) is 12.3 Å². The van der Waals surface area contributed by atoms with E-state index >= 15 is 0 Å². The average Bonchev–Trinajstić information content (AvgIpc) is 3.18. The Morgan fingerprint density at radius 2 is 1.59 bits per heavy atom. The van der Waals surface area contributed by atoms with Crippen molar-refractivity contribution in [3.63, 3.8) is 0 Å². The highest BCUT2D eigenvalue weighted by Gasteiger charge is 2.49. The van der Waals surface area contributed by atoms with E-state index in [2.05, 4.69) is 47.0 Å². The van der Waals surface area contributed by atoms with Crippen LogP contribution in [0.3, 0.4) is 0 Å². The highest BCUT2D eigenvalue weighted by molar-refractivity contribution is 5.83. The summed E-state index contributed by atoms with van der Waals surface area (Å²) in [5.74, 6) is 1.77. The Bertz CT molecular complexity index is 1300. The zero-order chi connectivity index (χ0) is 21.9. The number of nitrogens with two attached hydrogens (primary N) is 1. The lowest BCUT2D eigenvalue weighted by atomic mass is 9.63. The second kappa shape index (κ2) is 6.79. The predicted octanol–water partition coefficient (Wildman–Crippen LogP) is 4.93. The topological polar surface area (TPSA) is 73.3 Å². The number of aromatic nitrogens is 2. The quantitative estimate of drug-likeness (QED) is 0.490. The van der Waals surface area contributed by atoms with Crippen molar-refractivity contribution in [1.29, 1.82) is 0 Å². The van der Waals surface area contributed by atoms with E-state index in [0.717, 1.165) is 45.2 Å². The fraction of sp³-hybridized carbons (Fsp3) is 0.222. The van der Waals surface area contributed by atoms with Crippen LogP contribution in [0, 0.1) is 0 Å². The molecule has 0 atom stereocenters. The molecule has 2 heterocycles. The molecule has 4 aromatic rings. The van der Waals surface area contributed by atoms with E-state index in [1.807, 2.05) is 43.3 Å². The third kappa shape index (κ3) is 2.97. The molecule has 1 aliphatic carbocycles. The van der Waals surface area contributed by atoms with Gasteiger partial charge in [-0.3, -0.25) is 4.57 Å². The van der Waals surface area contributed by atoms with Gasteiger partial charge in [0.15, 0.2) is 6.73 Å². The molecule has 0 bridgehead atoms. The van der Waals surface area contributed by atoms with Crippen molar-refractivity contribution in [3.8, 4) is 39.7 Å². The van der Waals surface area contributed by atoms with E-state index in [0.29, 0.717) is 19.6 Å². The van der Waals surface area contributed by atoms with Gasteiger partial charge in [0, 0.05) is 16.7 Å². The van der Waals surface area contributed by atoms with Crippen LogP contribution in [0.1, 0.15) is 25.3 Å². The summed E-state index contributed by atoms with van der Waals surface area (Å²) < 4.78 is 8.20. The first-order chi connectivity index (χ1) is 15.4. The van der Waals surface area contributed by atoms with Crippen LogP contribution in [0.15, 0.2) is 78.9 Å². The highest BCUT2D eigenvalue weighted by atomic mass is 16.5. The molecule has 1 fully saturated rings. The molecule has 1 aliphatic heterocycles. The van der Waals surface area contributed by atoms with Gasteiger partial charge in [-0.05, 0) is 37.5 Å². The van der Waals surface area contributed by atoms with Crippen molar-refractivity contribution in [1.82, 2.24) is 9.55 Å². The summed E-state index contributed by atoms with van der Waals surface area (Å²) in [6.45, 7) is 2.26. The number of ether oxygens (including phenoxy) is 1. The second-order valence-electron chi connectivity index (χ2n) is 9.28. The second-order valence-corrected chi connectivity index (χ2v) is 9.28. The van der Waals surface area contributed by atoms with Crippen molar-refractivity contribution in [2.24, 2.45) is 5.73 Å². The molecule has 0 unspecified atom stereocenters. The van der Waals surface area contributed by atoms with Crippen LogP contribution in [0.5, 0.6) is 5.75 Å². The lowest BCUT2D eigenvalue weighted by molar-refractivity contribution is -0.0738. The van der Waals surface area contributed by atoms with Gasteiger partial charge in [0.2, 0.25) is 0 Å². The number of imidazole rings is 1. The molecule has 0 saturated heterocycles. The Labute approximate surface area is 187 Å². The molecule has 0 radical (unpaired) electrons. The monoisotopic (exact) mass is 423 g/mol. The minimum absolute atomic E-state index is 0.419. The molecule has 6 rings (SSSR count). The van der Waals surface area contributed by atoms with E-state index in [9.17, 15) is 5.11 Å². The molecule has 1 saturated carbocycles. The summed E-state index contributed by atoms with van der Waals surface area (Å²) in [5.41, 5.74) is 11.5. The van der Waals surface area contributed by atoms with Crippen LogP contribution < -0.4 is 10.5 Å². The Kier molecular flexibility index (Phi) is 4.09. The van der Waals surface area contributed by atoms with Gasteiger partial charge in [0.05, 0.1) is 22.6 Å². The maximum Gasteiger partial charge on any atom is 0.167 e. The van der Waals surface area contributed by atoms with Crippen molar-refractivity contribution < 1.29 is 9.84 Å². The van der Waals surface area contributed by atoms with Crippen LogP contribution in [-0.4, -0.2) is 20.3 Å². The number of nitrogens with zero attached hydrogens (tertiary/aromatic N) is 2. The van der Waals surface area contributed by atoms with Gasteiger partial charge in [-0.15, -0.1) is 0 Å². The summed E-state index contributed by atoms with van der Waals surface area (Å²) in [7, 11) is 0. The largest absolute Gasteiger partial charge is 0.472 e. The van der Waals surface area contributed by atoms with E-state index in [1.54, 1.807) is 0 Å². The van der Waals surface area contributed by atoms with Crippen LogP contribution in [0.4, 0.5) is 0 Å². The summed E-state index contributed by atoms with van der Waals surface area (Å²) in [6, 6.07) is 26.7. The SMILES string of the molecule is CC1(O)CC(N)(c2ccc(-c3nc4n(c3-c3ccccc3)COc3ccccc3-4)cc2)C1. The number of rotatable bonds is 3. The molecule has 1 aromatic heterocycles. The van der Waals surface area contributed by atoms with E-state index in [1.165, 1.54) is 0 Å². The van der Waals surface area contributed by atoms with Crippen molar-refractivity contribution in [3.05, 3.63) is 84.4 Å². The maximum absolute atomic E-state index is 10.2. The van der Waals surface area contributed by atoms with Gasteiger partial charge in [0.25, 0.3) is 0 Å². The van der Waals surface area contributed by atoms with Crippen LogP contribution in [0.2, 0.25) is 0 Å². The van der Waals surface area contributed by atoms with Gasteiger partial charge in [-0.2, -0.15) is 0 Å².